The molecule has 0 aliphatic heterocycles. The molecule has 0 fully saturated rings. The van der Waals surface area contributed by atoms with Crippen LogP contribution in [-0.4, -0.2) is 17.9 Å². The number of hydrogen-bond donors (Lipinski definition) is 1. The summed E-state index contributed by atoms with van der Waals surface area (Å²) in [5.41, 5.74) is 0.631. The topological polar surface area (TPSA) is 81.5 Å². The van der Waals surface area contributed by atoms with Crippen LogP contribution in [0.1, 0.15) is 35.8 Å². The molecule has 6 nitrogen and oxygen atoms in total. The number of carbonyl (C=O) groups excluding carboxylic acids is 1. The zero-order chi connectivity index (χ0) is 18.6. The highest BCUT2D eigenvalue weighted by molar-refractivity contribution is 5.95. The van der Waals surface area contributed by atoms with E-state index < -0.39 is 10.8 Å². The zero-order valence-electron chi connectivity index (χ0n) is 14.2. The summed E-state index contributed by atoms with van der Waals surface area (Å²) in [6.45, 7) is 3.84. The number of nitro benzene ring substituents is 1. The standard InChI is InChI=1S/C18H19FN2O4/c1-11(2)17(12-4-7-14(19)8-5-12)20-18(22)13-6-9-16(25-3)15(10-13)21(23)24/h4-11,17H,1-3H3,(H,20,22)/t17-/m0/s1. The highest BCUT2D eigenvalue weighted by atomic mass is 19.1. The highest BCUT2D eigenvalue weighted by Crippen LogP contribution is 2.28. The van der Waals surface area contributed by atoms with Crippen molar-refractivity contribution >= 4 is 11.6 Å². The van der Waals surface area contributed by atoms with Crippen LogP contribution in [0.4, 0.5) is 10.1 Å². The van der Waals surface area contributed by atoms with Crippen molar-refractivity contribution in [1.82, 2.24) is 5.32 Å². The van der Waals surface area contributed by atoms with Crippen LogP contribution in [0, 0.1) is 21.8 Å². The summed E-state index contributed by atoms with van der Waals surface area (Å²) >= 11 is 0. The summed E-state index contributed by atoms with van der Waals surface area (Å²) in [4.78, 5) is 23.0. The normalized spacial score (nSPS) is 11.9. The molecule has 0 saturated carbocycles. The van der Waals surface area contributed by atoms with Gasteiger partial charge in [-0.05, 0) is 35.7 Å². The summed E-state index contributed by atoms with van der Waals surface area (Å²) in [5, 5.41) is 13.9. The van der Waals surface area contributed by atoms with Crippen LogP contribution in [-0.2, 0) is 0 Å². The summed E-state index contributed by atoms with van der Waals surface area (Å²) in [5.74, 6) is -0.680. The van der Waals surface area contributed by atoms with E-state index in [2.05, 4.69) is 5.32 Å². The molecule has 2 rings (SSSR count). The molecule has 1 atom stereocenters. The molecule has 0 unspecified atom stereocenters. The van der Waals surface area contributed by atoms with Gasteiger partial charge < -0.3 is 10.1 Å². The summed E-state index contributed by atoms with van der Waals surface area (Å²) < 4.78 is 18.0. The van der Waals surface area contributed by atoms with E-state index in [-0.39, 0.29) is 34.8 Å². The Labute approximate surface area is 144 Å². The summed E-state index contributed by atoms with van der Waals surface area (Å²) in [7, 11) is 1.32. The first-order valence-electron chi connectivity index (χ1n) is 7.72. The van der Waals surface area contributed by atoms with Crippen LogP contribution in [0.25, 0.3) is 0 Å². The molecule has 0 saturated heterocycles. The lowest BCUT2D eigenvalue weighted by Gasteiger charge is -2.23. The molecule has 25 heavy (non-hydrogen) atoms. The molecule has 0 radical (unpaired) electrons. The lowest BCUT2D eigenvalue weighted by atomic mass is 9.95. The van der Waals surface area contributed by atoms with Gasteiger partial charge >= 0.3 is 5.69 Å². The minimum atomic E-state index is -0.602. The number of nitrogens with one attached hydrogen (secondary N) is 1. The largest absolute Gasteiger partial charge is 0.490 e. The number of carbonyl (C=O) groups is 1. The van der Waals surface area contributed by atoms with Crippen LogP contribution < -0.4 is 10.1 Å². The van der Waals surface area contributed by atoms with E-state index in [0.29, 0.717) is 0 Å². The van der Waals surface area contributed by atoms with Gasteiger partial charge in [0.25, 0.3) is 5.91 Å². The Morgan fingerprint density at radius 3 is 2.36 bits per heavy atom. The minimum absolute atomic E-state index is 0.0441. The van der Waals surface area contributed by atoms with Crippen molar-refractivity contribution in [2.24, 2.45) is 5.92 Å². The van der Waals surface area contributed by atoms with Crippen LogP contribution in [0.15, 0.2) is 42.5 Å². The van der Waals surface area contributed by atoms with Crippen LogP contribution >= 0.6 is 0 Å². The maximum Gasteiger partial charge on any atom is 0.311 e. The first-order valence-corrected chi connectivity index (χ1v) is 7.72. The second kappa shape index (κ2) is 7.74. The Bertz CT molecular complexity index is 775. The number of amides is 1. The summed E-state index contributed by atoms with van der Waals surface area (Å²) in [6.07, 6.45) is 0. The first kappa shape index (κ1) is 18.4. The number of benzene rings is 2. The quantitative estimate of drug-likeness (QED) is 0.636. The third-order valence-electron chi connectivity index (χ3n) is 3.82. The van der Waals surface area contributed by atoms with E-state index >= 15 is 0 Å². The predicted octanol–water partition coefficient (Wildman–Crippen LogP) is 3.87. The average Bonchev–Trinajstić information content (AvgIpc) is 2.59. The Balaban J connectivity index is 2.28. The lowest BCUT2D eigenvalue weighted by Crippen LogP contribution is -2.31. The molecule has 0 heterocycles. The molecular weight excluding hydrogens is 327 g/mol. The minimum Gasteiger partial charge on any atom is -0.490 e. The molecule has 2 aromatic carbocycles. The van der Waals surface area contributed by atoms with Gasteiger partial charge in [0.2, 0.25) is 0 Å². The van der Waals surface area contributed by atoms with Crippen molar-refractivity contribution in [3.05, 3.63) is 69.5 Å². The van der Waals surface area contributed by atoms with Crippen LogP contribution in [0.2, 0.25) is 0 Å². The van der Waals surface area contributed by atoms with E-state index in [9.17, 15) is 19.3 Å². The Morgan fingerprint density at radius 2 is 1.84 bits per heavy atom. The van der Waals surface area contributed by atoms with Gasteiger partial charge in [0.05, 0.1) is 18.1 Å². The van der Waals surface area contributed by atoms with Gasteiger partial charge in [-0.3, -0.25) is 14.9 Å². The fraction of sp³-hybridized carbons (Fsp3) is 0.278. The van der Waals surface area contributed by atoms with Crippen molar-refractivity contribution in [1.29, 1.82) is 0 Å². The Kier molecular flexibility index (Phi) is 5.69. The van der Waals surface area contributed by atoms with Crippen molar-refractivity contribution in [3.63, 3.8) is 0 Å². The van der Waals surface area contributed by atoms with Gasteiger partial charge in [0.15, 0.2) is 5.75 Å². The fourth-order valence-corrected chi connectivity index (χ4v) is 2.50. The summed E-state index contributed by atoms with van der Waals surface area (Å²) in [6, 6.07) is 9.54. The molecule has 1 amide bonds. The second-order valence-corrected chi connectivity index (χ2v) is 5.89. The second-order valence-electron chi connectivity index (χ2n) is 5.89. The SMILES string of the molecule is COc1ccc(C(=O)N[C@H](c2ccc(F)cc2)C(C)C)cc1[N+](=O)[O-]. The van der Waals surface area contributed by atoms with E-state index in [1.54, 1.807) is 12.1 Å². The number of nitrogens with zero attached hydrogens (tertiary/aromatic N) is 1. The molecule has 1 N–H and O–H groups in total. The van der Waals surface area contributed by atoms with Crippen molar-refractivity contribution in [2.75, 3.05) is 7.11 Å². The number of nitro groups is 1. The van der Waals surface area contributed by atoms with Gasteiger partial charge in [-0.1, -0.05) is 26.0 Å². The Hall–Kier alpha value is -2.96. The van der Waals surface area contributed by atoms with Gasteiger partial charge in [-0.2, -0.15) is 0 Å². The van der Waals surface area contributed by atoms with Gasteiger partial charge in [0, 0.05) is 11.6 Å². The molecule has 0 spiro atoms. The lowest BCUT2D eigenvalue weighted by molar-refractivity contribution is -0.385. The smallest absolute Gasteiger partial charge is 0.311 e. The molecule has 0 aromatic heterocycles. The molecule has 7 heteroatoms. The van der Waals surface area contributed by atoms with E-state index in [1.807, 2.05) is 13.8 Å². The third-order valence-corrected chi connectivity index (χ3v) is 3.82. The molecule has 0 bridgehead atoms. The van der Waals surface area contributed by atoms with E-state index in [1.165, 1.54) is 37.4 Å². The van der Waals surface area contributed by atoms with Gasteiger partial charge in [-0.15, -0.1) is 0 Å². The number of methoxy groups -OCH3 is 1. The number of halogens is 1. The average molecular weight is 346 g/mol. The molecular formula is C18H19FN2O4. The number of rotatable bonds is 6. The van der Waals surface area contributed by atoms with Crippen LogP contribution in [0.3, 0.4) is 0 Å². The molecule has 0 aliphatic carbocycles. The highest BCUT2D eigenvalue weighted by Gasteiger charge is 2.22. The van der Waals surface area contributed by atoms with E-state index in [4.69, 9.17) is 4.74 Å². The number of hydrogen-bond acceptors (Lipinski definition) is 4. The Morgan fingerprint density at radius 1 is 1.20 bits per heavy atom. The van der Waals surface area contributed by atoms with Gasteiger partial charge in [0.1, 0.15) is 5.82 Å². The zero-order valence-corrected chi connectivity index (χ0v) is 14.2. The maximum absolute atomic E-state index is 13.1. The van der Waals surface area contributed by atoms with Crippen molar-refractivity contribution in [2.45, 2.75) is 19.9 Å². The monoisotopic (exact) mass is 346 g/mol. The molecule has 2 aromatic rings. The van der Waals surface area contributed by atoms with Crippen molar-refractivity contribution < 1.29 is 18.8 Å². The van der Waals surface area contributed by atoms with Crippen molar-refractivity contribution in [3.8, 4) is 5.75 Å². The van der Waals surface area contributed by atoms with Crippen LogP contribution in [0.5, 0.6) is 5.75 Å². The number of ether oxygens (including phenoxy) is 1. The predicted molar refractivity (Wildman–Crippen MR) is 91.1 cm³/mol. The van der Waals surface area contributed by atoms with E-state index in [0.717, 1.165) is 5.56 Å². The van der Waals surface area contributed by atoms with Gasteiger partial charge in [-0.25, -0.2) is 4.39 Å². The third kappa shape index (κ3) is 4.32. The first-order chi connectivity index (χ1) is 11.8. The molecule has 132 valence electrons. The fourth-order valence-electron chi connectivity index (χ4n) is 2.50. The maximum atomic E-state index is 13.1. The molecule has 0 aliphatic rings.